The Labute approximate surface area is 101 Å². The molecule has 0 amide bonds. The molecule has 0 bridgehead atoms. The average molecular weight is 230 g/mol. The molecule has 1 saturated heterocycles. The summed E-state index contributed by atoms with van der Waals surface area (Å²) in [6.45, 7) is 6.41. The van der Waals surface area contributed by atoms with Crippen molar-refractivity contribution in [1.29, 1.82) is 0 Å². The van der Waals surface area contributed by atoms with Crippen molar-refractivity contribution in [2.45, 2.75) is 19.5 Å². The Morgan fingerprint density at radius 1 is 1.41 bits per heavy atom. The van der Waals surface area contributed by atoms with Crippen LogP contribution in [0.25, 0.3) is 11.0 Å². The van der Waals surface area contributed by atoms with Crippen LogP contribution in [-0.2, 0) is 6.54 Å². The van der Waals surface area contributed by atoms with E-state index in [9.17, 15) is 0 Å². The van der Waals surface area contributed by atoms with Crippen molar-refractivity contribution in [3.05, 3.63) is 36.1 Å². The molecule has 1 N–H and O–H groups in total. The minimum absolute atomic E-state index is 0.577. The molecule has 1 atom stereocenters. The first-order valence-electron chi connectivity index (χ1n) is 6.24. The average Bonchev–Trinajstić information content (AvgIpc) is 2.71. The topological polar surface area (TPSA) is 28.4 Å². The largest absolute Gasteiger partial charge is 0.460 e. The summed E-state index contributed by atoms with van der Waals surface area (Å²) in [4.78, 5) is 2.44. The van der Waals surface area contributed by atoms with Gasteiger partial charge in [-0.25, -0.2) is 0 Å². The Kier molecular flexibility index (Phi) is 2.87. The number of nitrogens with zero attached hydrogens (tertiary/aromatic N) is 1. The predicted octanol–water partition coefficient (Wildman–Crippen LogP) is 2.23. The van der Waals surface area contributed by atoms with Crippen molar-refractivity contribution in [1.82, 2.24) is 10.2 Å². The molecule has 0 aliphatic carbocycles. The van der Waals surface area contributed by atoms with Crippen LogP contribution in [0.3, 0.4) is 0 Å². The summed E-state index contributed by atoms with van der Waals surface area (Å²) in [5.74, 6) is 1.07. The van der Waals surface area contributed by atoms with Gasteiger partial charge in [0, 0.05) is 31.1 Å². The van der Waals surface area contributed by atoms with E-state index >= 15 is 0 Å². The van der Waals surface area contributed by atoms with Crippen LogP contribution < -0.4 is 5.32 Å². The Morgan fingerprint density at radius 2 is 2.29 bits per heavy atom. The van der Waals surface area contributed by atoms with Crippen molar-refractivity contribution in [2.24, 2.45) is 0 Å². The minimum Gasteiger partial charge on any atom is -0.460 e. The van der Waals surface area contributed by atoms with Crippen LogP contribution >= 0.6 is 0 Å². The maximum absolute atomic E-state index is 5.84. The third-order valence-electron chi connectivity index (χ3n) is 3.31. The molecule has 90 valence electrons. The van der Waals surface area contributed by atoms with Crippen LogP contribution in [0.4, 0.5) is 0 Å². The molecule has 1 aliphatic rings. The normalized spacial score (nSPS) is 22.1. The van der Waals surface area contributed by atoms with E-state index in [1.54, 1.807) is 0 Å². The summed E-state index contributed by atoms with van der Waals surface area (Å²) in [5, 5.41) is 4.65. The molecule has 1 unspecified atom stereocenters. The zero-order chi connectivity index (χ0) is 11.7. The van der Waals surface area contributed by atoms with Gasteiger partial charge < -0.3 is 9.73 Å². The van der Waals surface area contributed by atoms with E-state index in [1.165, 1.54) is 5.39 Å². The third kappa shape index (κ3) is 2.35. The van der Waals surface area contributed by atoms with Crippen LogP contribution in [-0.4, -0.2) is 30.6 Å². The maximum Gasteiger partial charge on any atom is 0.134 e. The summed E-state index contributed by atoms with van der Waals surface area (Å²) in [5.41, 5.74) is 0.991. The molecule has 1 aromatic carbocycles. The molecule has 17 heavy (non-hydrogen) atoms. The molecule has 0 radical (unpaired) electrons. The first kappa shape index (κ1) is 10.8. The van der Waals surface area contributed by atoms with E-state index in [0.717, 1.165) is 37.5 Å². The quantitative estimate of drug-likeness (QED) is 0.857. The molecular formula is C14H18N2O. The van der Waals surface area contributed by atoms with Gasteiger partial charge in [0.25, 0.3) is 0 Å². The number of para-hydroxylation sites is 1. The van der Waals surface area contributed by atoms with Crippen molar-refractivity contribution in [3.63, 3.8) is 0 Å². The highest BCUT2D eigenvalue weighted by Crippen LogP contribution is 2.20. The molecule has 1 fully saturated rings. The van der Waals surface area contributed by atoms with Crippen LogP contribution in [0, 0.1) is 0 Å². The molecular weight excluding hydrogens is 212 g/mol. The lowest BCUT2D eigenvalue weighted by atomic mass is 10.2. The molecule has 1 aromatic heterocycles. The molecule has 0 saturated carbocycles. The highest BCUT2D eigenvalue weighted by Gasteiger charge is 2.16. The second kappa shape index (κ2) is 4.51. The fourth-order valence-corrected chi connectivity index (χ4v) is 2.49. The standard InChI is InChI=1S/C14H18N2O/c1-11-9-16(7-6-15-11)10-13-8-12-4-2-3-5-14(12)17-13/h2-5,8,11,15H,6-7,9-10H2,1H3. The fourth-order valence-electron chi connectivity index (χ4n) is 2.49. The van der Waals surface area contributed by atoms with Gasteiger partial charge in [0.15, 0.2) is 0 Å². The molecule has 3 rings (SSSR count). The summed E-state index contributed by atoms with van der Waals surface area (Å²) >= 11 is 0. The lowest BCUT2D eigenvalue weighted by molar-refractivity contribution is 0.188. The zero-order valence-electron chi connectivity index (χ0n) is 10.1. The minimum atomic E-state index is 0.577. The van der Waals surface area contributed by atoms with Gasteiger partial charge in [0.2, 0.25) is 0 Å². The van der Waals surface area contributed by atoms with Gasteiger partial charge in [0.05, 0.1) is 6.54 Å². The van der Waals surface area contributed by atoms with Crippen LogP contribution in [0.1, 0.15) is 12.7 Å². The lowest BCUT2D eigenvalue weighted by Gasteiger charge is -2.30. The Morgan fingerprint density at radius 3 is 3.12 bits per heavy atom. The first-order chi connectivity index (χ1) is 8.31. The van der Waals surface area contributed by atoms with Crippen molar-refractivity contribution < 1.29 is 4.42 Å². The van der Waals surface area contributed by atoms with E-state index in [-0.39, 0.29) is 0 Å². The lowest BCUT2D eigenvalue weighted by Crippen LogP contribution is -2.48. The number of nitrogens with one attached hydrogen (secondary N) is 1. The number of rotatable bonds is 2. The first-order valence-corrected chi connectivity index (χ1v) is 6.24. The molecule has 3 nitrogen and oxygen atoms in total. The van der Waals surface area contributed by atoms with E-state index in [1.807, 2.05) is 12.1 Å². The van der Waals surface area contributed by atoms with Crippen LogP contribution in [0.15, 0.2) is 34.7 Å². The van der Waals surface area contributed by atoms with Gasteiger partial charge in [-0.05, 0) is 19.1 Å². The molecule has 1 aliphatic heterocycles. The highest BCUT2D eigenvalue weighted by atomic mass is 16.3. The van der Waals surface area contributed by atoms with Gasteiger partial charge in [-0.3, -0.25) is 4.90 Å². The van der Waals surface area contributed by atoms with Gasteiger partial charge in [-0.1, -0.05) is 18.2 Å². The maximum atomic E-state index is 5.84. The zero-order valence-corrected chi connectivity index (χ0v) is 10.1. The van der Waals surface area contributed by atoms with E-state index in [4.69, 9.17) is 4.42 Å². The predicted molar refractivity (Wildman–Crippen MR) is 69.0 cm³/mol. The van der Waals surface area contributed by atoms with Crippen LogP contribution in [0.5, 0.6) is 0 Å². The summed E-state index contributed by atoms with van der Waals surface area (Å²) in [6, 6.07) is 10.9. The number of furan rings is 1. The van der Waals surface area contributed by atoms with Gasteiger partial charge in [0.1, 0.15) is 11.3 Å². The SMILES string of the molecule is CC1CN(Cc2cc3ccccc3o2)CCN1. The number of benzene rings is 1. The number of fused-ring (bicyclic) bond motifs is 1. The molecule has 0 spiro atoms. The van der Waals surface area contributed by atoms with Crippen LogP contribution in [0.2, 0.25) is 0 Å². The summed E-state index contributed by atoms with van der Waals surface area (Å²) in [7, 11) is 0. The number of hydrogen-bond donors (Lipinski definition) is 1. The van der Waals surface area contributed by atoms with E-state index < -0.39 is 0 Å². The van der Waals surface area contributed by atoms with Crippen molar-refractivity contribution >= 4 is 11.0 Å². The fraction of sp³-hybridized carbons (Fsp3) is 0.429. The smallest absolute Gasteiger partial charge is 0.134 e. The Bertz CT molecular complexity index is 473. The highest BCUT2D eigenvalue weighted by molar-refractivity contribution is 5.77. The van der Waals surface area contributed by atoms with Crippen molar-refractivity contribution in [2.75, 3.05) is 19.6 Å². The monoisotopic (exact) mass is 230 g/mol. The number of hydrogen-bond acceptors (Lipinski definition) is 3. The summed E-state index contributed by atoms with van der Waals surface area (Å²) in [6.07, 6.45) is 0. The van der Waals surface area contributed by atoms with E-state index in [2.05, 4.69) is 35.3 Å². The van der Waals surface area contributed by atoms with Gasteiger partial charge in [-0.2, -0.15) is 0 Å². The second-order valence-electron chi connectivity index (χ2n) is 4.84. The van der Waals surface area contributed by atoms with E-state index in [0.29, 0.717) is 6.04 Å². The number of piperazine rings is 1. The molecule has 2 aromatic rings. The second-order valence-corrected chi connectivity index (χ2v) is 4.84. The Hall–Kier alpha value is -1.32. The molecule has 3 heteroatoms. The molecule has 2 heterocycles. The van der Waals surface area contributed by atoms with Gasteiger partial charge >= 0.3 is 0 Å². The Balaban J connectivity index is 1.75. The summed E-state index contributed by atoms with van der Waals surface area (Å²) < 4.78 is 5.84. The third-order valence-corrected chi connectivity index (χ3v) is 3.31. The van der Waals surface area contributed by atoms with Crippen molar-refractivity contribution in [3.8, 4) is 0 Å². The van der Waals surface area contributed by atoms with Gasteiger partial charge in [-0.15, -0.1) is 0 Å².